The summed E-state index contributed by atoms with van der Waals surface area (Å²) in [7, 11) is 2.14. The summed E-state index contributed by atoms with van der Waals surface area (Å²) in [5.74, 6) is -0.292. The number of hydrogen-bond donors (Lipinski definition) is 1. The van der Waals surface area contributed by atoms with Crippen molar-refractivity contribution in [2.24, 2.45) is 11.8 Å². The van der Waals surface area contributed by atoms with Crippen LogP contribution < -0.4 is 10.2 Å². The molecule has 4 atom stereocenters. The molecule has 0 spiro atoms. The Labute approximate surface area is 228 Å². The van der Waals surface area contributed by atoms with E-state index in [0.717, 1.165) is 42.6 Å². The van der Waals surface area contributed by atoms with E-state index in [9.17, 15) is 14.4 Å². The van der Waals surface area contributed by atoms with Gasteiger partial charge in [-0.3, -0.25) is 14.4 Å². The Morgan fingerprint density at radius 2 is 1.87 bits per heavy atom. The molecule has 5 rings (SSSR count). The summed E-state index contributed by atoms with van der Waals surface area (Å²) in [6, 6.07) is 6.11. The van der Waals surface area contributed by atoms with Crippen molar-refractivity contribution in [3.8, 4) is 11.3 Å². The topological polar surface area (TPSA) is 95.1 Å². The van der Waals surface area contributed by atoms with Gasteiger partial charge in [0, 0.05) is 55.1 Å². The van der Waals surface area contributed by atoms with Gasteiger partial charge in [-0.1, -0.05) is 32.9 Å². The number of likely N-dealkylation sites (N-methyl/N-ethyl adjacent to an activating group) is 1. The van der Waals surface area contributed by atoms with E-state index in [2.05, 4.69) is 27.5 Å². The summed E-state index contributed by atoms with van der Waals surface area (Å²) in [6.45, 7) is 10.5. The number of nitrogens with one attached hydrogen (secondary N) is 1. The number of carbonyl (C=O) groups excluding carboxylic acids is 3. The van der Waals surface area contributed by atoms with Gasteiger partial charge in [0.25, 0.3) is 5.91 Å². The summed E-state index contributed by atoms with van der Waals surface area (Å²) < 4.78 is 5.64. The van der Waals surface area contributed by atoms with Gasteiger partial charge in [0.2, 0.25) is 5.91 Å². The number of ether oxygens (including phenoxy) is 1. The quantitative estimate of drug-likeness (QED) is 0.578. The van der Waals surface area contributed by atoms with Crippen molar-refractivity contribution in [3.63, 3.8) is 0 Å². The predicted octanol–water partition coefficient (Wildman–Crippen LogP) is 2.52. The molecule has 0 radical (unpaired) electrons. The van der Waals surface area contributed by atoms with Crippen LogP contribution in [0.3, 0.4) is 0 Å². The molecule has 9 nitrogen and oxygen atoms in total. The van der Waals surface area contributed by atoms with Gasteiger partial charge in [-0.05, 0) is 31.5 Å². The minimum atomic E-state index is -0.703. The first kappa shape index (κ1) is 26.8. The lowest BCUT2D eigenvalue weighted by Gasteiger charge is -2.32. The molecule has 4 heterocycles. The molecule has 2 aromatic rings. The smallest absolute Gasteiger partial charge is 0.251 e. The van der Waals surface area contributed by atoms with Gasteiger partial charge in [-0.2, -0.15) is 0 Å². The fourth-order valence-corrected chi connectivity index (χ4v) is 6.47. The number of anilines is 1. The van der Waals surface area contributed by atoms with Crippen LogP contribution in [0.2, 0.25) is 0 Å². The summed E-state index contributed by atoms with van der Waals surface area (Å²) in [4.78, 5) is 50.3. The third-order valence-electron chi connectivity index (χ3n) is 7.74. The van der Waals surface area contributed by atoms with Gasteiger partial charge < -0.3 is 24.8 Å². The minimum absolute atomic E-state index is 0.0485. The highest BCUT2D eigenvalue weighted by molar-refractivity contribution is 7.14. The van der Waals surface area contributed by atoms with Crippen LogP contribution in [0.15, 0.2) is 29.6 Å². The number of piperazine rings is 1. The third-order valence-corrected chi connectivity index (χ3v) is 8.64. The second kappa shape index (κ2) is 11.1. The Bertz CT molecular complexity index is 1170. The first-order chi connectivity index (χ1) is 18.2. The summed E-state index contributed by atoms with van der Waals surface area (Å²) in [5.41, 5.74) is 2.33. The van der Waals surface area contributed by atoms with Crippen LogP contribution in [0, 0.1) is 11.8 Å². The number of benzene rings is 1. The fourth-order valence-electron chi connectivity index (χ4n) is 5.59. The Balaban J connectivity index is 1.26. The van der Waals surface area contributed by atoms with Crippen LogP contribution in [-0.2, 0) is 14.3 Å². The van der Waals surface area contributed by atoms with Crippen LogP contribution in [0.5, 0.6) is 0 Å². The van der Waals surface area contributed by atoms with Crippen LogP contribution in [-0.4, -0.2) is 96.9 Å². The van der Waals surface area contributed by atoms with Crippen LogP contribution in [0.25, 0.3) is 11.3 Å². The van der Waals surface area contributed by atoms with E-state index in [1.807, 2.05) is 32.9 Å². The molecule has 3 aliphatic heterocycles. The van der Waals surface area contributed by atoms with E-state index in [4.69, 9.17) is 9.72 Å². The number of fused-ring (bicyclic) bond motifs is 1. The van der Waals surface area contributed by atoms with Crippen molar-refractivity contribution in [2.75, 3.05) is 51.3 Å². The van der Waals surface area contributed by atoms with E-state index >= 15 is 0 Å². The minimum Gasteiger partial charge on any atom is -0.367 e. The van der Waals surface area contributed by atoms with E-state index in [1.54, 1.807) is 28.4 Å². The molecule has 1 N–H and O–H groups in total. The summed E-state index contributed by atoms with van der Waals surface area (Å²) in [5, 5.41) is 6.03. The SMILES string of the molecule is CC(C)C[C@H](NC(=O)c1ccc(-c2csc(N3CCN(C)CC3)n2)cc1)C(=O)N1C[C@@H](C)[C@H]2OCC(=O)[C@H]21. The van der Waals surface area contributed by atoms with Crippen molar-refractivity contribution in [3.05, 3.63) is 35.2 Å². The first-order valence-electron chi connectivity index (χ1n) is 13.5. The zero-order valence-corrected chi connectivity index (χ0v) is 23.4. The number of aromatic nitrogens is 1. The highest BCUT2D eigenvalue weighted by Gasteiger charge is 2.51. The largest absolute Gasteiger partial charge is 0.367 e. The van der Waals surface area contributed by atoms with E-state index in [-0.39, 0.29) is 42.1 Å². The predicted molar refractivity (Wildman–Crippen MR) is 147 cm³/mol. The highest BCUT2D eigenvalue weighted by atomic mass is 32.1. The van der Waals surface area contributed by atoms with Gasteiger partial charge in [0.1, 0.15) is 18.7 Å². The average molecular weight is 540 g/mol. The maximum Gasteiger partial charge on any atom is 0.251 e. The van der Waals surface area contributed by atoms with E-state index in [0.29, 0.717) is 18.5 Å². The maximum absolute atomic E-state index is 13.6. The van der Waals surface area contributed by atoms with Crippen molar-refractivity contribution in [1.29, 1.82) is 0 Å². The molecule has 0 saturated carbocycles. The molecular weight excluding hydrogens is 502 g/mol. The Hall–Kier alpha value is -2.82. The Morgan fingerprint density at radius 1 is 1.16 bits per heavy atom. The summed E-state index contributed by atoms with van der Waals surface area (Å²) in [6.07, 6.45) is 0.241. The number of hydrogen-bond acceptors (Lipinski definition) is 8. The monoisotopic (exact) mass is 539 g/mol. The Morgan fingerprint density at radius 3 is 2.55 bits per heavy atom. The summed E-state index contributed by atoms with van der Waals surface area (Å²) >= 11 is 1.64. The van der Waals surface area contributed by atoms with Gasteiger partial charge in [-0.25, -0.2) is 4.98 Å². The molecule has 2 amide bonds. The number of likely N-dealkylation sites (tertiary alicyclic amines) is 1. The molecule has 38 heavy (non-hydrogen) atoms. The number of thiazole rings is 1. The van der Waals surface area contributed by atoms with Gasteiger partial charge in [-0.15, -0.1) is 11.3 Å². The van der Waals surface area contributed by atoms with Crippen molar-refractivity contribution >= 4 is 34.1 Å². The standard InChI is InChI=1S/C28H37N5O4S/c1-17(2)13-21(27(36)33-14-18(3)25-24(33)23(34)15-37-25)29-26(35)20-7-5-19(6-8-20)22-16-38-28(30-22)32-11-9-31(4)10-12-32/h5-8,16-18,21,24-25H,9-15H2,1-4H3,(H,29,35)/t18-,21+,24-,25-/m1/s1. The molecule has 3 saturated heterocycles. The van der Waals surface area contributed by atoms with Crippen LogP contribution in [0.1, 0.15) is 37.6 Å². The lowest BCUT2D eigenvalue weighted by atomic mass is 10.0. The molecule has 1 aromatic heterocycles. The fraction of sp³-hybridized carbons (Fsp3) is 0.571. The zero-order chi connectivity index (χ0) is 27.0. The first-order valence-corrected chi connectivity index (χ1v) is 14.3. The highest BCUT2D eigenvalue weighted by Crippen LogP contribution is 2.32. The van der Waals surface area contributed by atoms with E-state index < -0.39 is 12.1 Å². The molecular formula is C28H37N5O4S. The van der Waals surface area contributed by atoms with Crippen LogP contribution in [0.4, 0.5) is 5.13 Å². The number of Topliss-reactive ketones (excluding diaryl/α,β-unsaturated/α-hetero) is 1. The second-order valence-electron chi connectivity index (χ2n) is 11.2. The Kier molecular flexibility index (Phi) is 7.83. The van der Waals surface area contributed by atoms with Gasteiger partial charge in [0.05, 0.1) is 11.8 Å². The maximum atomic E-state index is 13.6. The molecule has 3 fully saturated rings. The third kappa shape index (κ3) is 5.48. The number of ketones is 1. The number of amides is 2. The average Bonchev–Trinajstić information content (AvgIpc) is 3.62. The molecule has 0 unspecified atom stereocenters. The second-order valence-corrected chi connectivity index (χ2v) is 12.0. The molecule has 0 bridgehead atoms. The van der Waals surface area contributed by atoms with E-state index in [1.165, 1.54) is 0 Å². The van der Waals surface area contributed by atoms with Crippen molar-refractivity contribution in [1.82, 2.24) is 20.1 Å². The van der Waals surface area contributed by atoms with Crippen molar-refractivity contribution in [2.45, 2.75) is 45.4 Å². The zero-order valence-electron chi connectivity index (χ0n) is 22.6. The molecule has 10 heteroatoms. The lowest BCUT2D eigenvalue weighted by Crippen LogP contribution is -2.52. The van der Waals surface area contributed by atoms with Crippen molar-refractivity contribution < 1.29 is 19.1 Å². The molecule has 1 aromatic carbocycles. The number of carbonyl (C=O) groups is 3. The number of nitrogens with zero attached hydrogens (tertiary/aromatic N) is 4. The molecule has 0 aliphatic carbocycles. The number of rotatable bonds is 7. The molecule has 204 valence electrons. The normalized spacial score (nSPS) is 24.7. The lowest BCUT2D eigenvalue weighted by molar-refractivity contribution is -0.138. The van der Waals surface area contributed by atoms with Crippen LogP contribution >= 0.6 is 11.3 Å². The van der Waals surface area contributed by atoms with Gasteiger partial charge >= 0.3 is 0 Å². The molecule has 3 aliphatic rings. The van der Waals surface area contributed by atoms with Gasteiger partial charge in [0.15, 0.2) is 10.9 Å².